The van der Waals surface area contributed by atoms with Crippen LogP contribution in [0.25, 0.3) is 0 Å². The fourth-order valence-electron chi connectivity index (χ4n) is 2.08. The second kappa shape index (κ2) is 8.68. The van der Waals surface area contributed by atoms with Gasteiger partial charge in [0.15, 0.2) is 0 Å². The smallest absolute Gasteiger partial charge is 0.243 e. The molecule has 23 heavy (non-hydrogen) atoms. The number of nitrogens with one attached hydrogen (secondary N) is 2. The van der Waals surface area contributed by atoms with Gasteiger partial charge >= 0.3 is 0 Å². The molecule has 0 saturated heterocycles. The molecule has 122 valence electrons. The maximum absolute atomic E-state index is 12.1. The van der Waals surface area contributed by atoms with Gasteiger partial charge in [-0.05, 0) is 38.1 Å². The number of rotatable bonds is 8. The molecule has 2 rings (SSSR count). The highest BCUT2D eigenvalue weighted by Gasteiger charge is 2.09. The average Bonchev–Trinajstić information content (AvgIpc) is 2.57. The van der Waals surface area contributed by atoms with E-state index in [1.807, 2.05) is 50.2 Å². The van der Waals surface area contributed by atoms with E-state index in [2.05, 4.69) is 10.6 Å². The molecule has 0 bridgehead atoms. The maximum Gasteiger partial charge on any atom is 0.243 e. The van der Waals surface area contributed by atoms with Crippen LogP contribution in [0.5, 0.6) is 11.5 Å². The summed E-state index contributed by atoms with van der Waals surface area (Å²) in [6.07, 6.45) is 0. The number of carbonyl (C=O) groups is 1. The summed E-state index contributed by atoms with van der Waals surface area (Å²) in [5.74, 6) is 1.18. The fourth-order valence-corrected chi connectivity index (χ4v) is 2.08. The molecule has 0 aliphatic heterocycles. The van der Waals surface area contributed by atoms with Crippen molar-refractivity contribution in [1.29, 1.82) is 0 Å². The lowest BCUT2D eigenvalue weighted by atomic mass is 10.2. The van der Waals surface area contributed by atoms with Gasteiger partial charge in [0.1, 0.15) is 11.5 Å². The summed E-state index contributed by atoms with van der Waals surface area (Å²) >= 11 is 0. The van der Waals surface area contributed by atoms with E-state index in [1.54, 1.807) is 12.1 Å². The largest absolute Gasteiger partial charge is 0.494 e. The lowest BCUT2D eigenvalue weighted by molar-refractivity contribution is -0.114. The van der Waals surface area contributed by atoms with Gasteiger partial charge in [-0.2, -0.15) is 0 Å². The van der Waals surface area contributed by atoms with E-state index in [4.69, 9.17) is 9.47 Å². The highest BCUT2D eigenvalue weighted by molar-refractivity contribution is 5.95. The van der Waals surface area contributed by atoms with Crippen LogP contribution in [0.3, 0.4) is 0 Å². The minimum Gasteiger partial charge on any atom is -0.494 e. The average molecular weight is 314 g/mol. The summed E-state index contributed by atoms with van der Waals surface area (Å²) in [6, 6.07) is 15.0. The number of benzene rings is 2. The van der Waals surface area contributed by atoms with E-state index < -0.39 is 0 Å². The Morgan fingerprint density at radius 3 is 2.43 bits per heavy atom. The quantitative estimate of drug-likeness (QED) is 0.782. The van der Waals surface area contributed by atoms with Crippen LogP contribution < -0.4 is 20.1 Å². The molecule has 0 fully saturated rings. The SMILES string of the molecule is CCOc1ccc(OCC)c(NC(=O)CNc2ccccc2)c1. The molecule has 2 aromatic carbocycles. The van der Waals surface area contributed by atoms with Crippen LogP contribution in [-0.4, -0.2) is 25.7 Å². The van der Waals surface area contributed by atoms with E-state index >= 15 is 0 Å². The Bertz CT molecular complexity index is 629. The second-order valence-corrected chi connectivity index (χ2v) is 4.79. The van der Waals surface area contributed by atoms with Gasteiger partial charge in [-0.3, -0.25) is 4.79 Å². The van der Waals surface area contributed by atoms with Gasteiger partial charge in [0.25, 0.3) is 0 Å². The molecule has 0 spiro atoms. The van der Waals surface area contributed by atoms with Crippen LogP contribution in [0.1, 0.15) is 13.8 Å². The van der Waals surface area contributed by atoms with E-state index in [0.717, 1.165) is 5.69 Å². The minimum atomic E-state index is -0.150. The highest BCUT2D eigenvalue weighted by atomic mass is 16.5. The Balaban J connectivity index is 2.01. The van der Waals surface area contributed by atoms with Crippen LogP contribution in [0, 0.1) is 0 Å². The lowest BCUT2D eigenvalue weighted by Gasteiger charge is -2.14. The molecule has 0 radical (unpaired) electrons. The summed E-state index contributed by atoms with van der Waals surface area (Å²) in [5, 5.41) is 5.93. The monoisotopic (exact) mass is 314 g/mol. The third-order valence-corrected chi connectivity index (χ3v) is 3.06. The van der Waals surface area contributed by atoms with Crippen molar-refractivity contribution in [2.45, 2.75) is 13.8 Å². The zero-order valence-electron chi connectivity index (χ0n) is 13.5. The van der Waals surface area contributed by atoms with E-state index in [0.29, 0.717) is 30.4 Å². The van der Waals surface area contributed by atoms with Gasteiger partial charge in [0, 0.05) is 11.8 Å². The molecule has 1 amide bonds. The van der Waals surface area contributed by atoms with Crippen molar-refractivity contribution in [2.75, 3.05) is 30.4 Å². The third kappa shape index (κ3) is 5.21. The van der Waals surface area contributed by atoms with Crippen molar-refractivity contribution in [1.82, 2.24) is 0 Å². The number of ether oxygens (including phenoxy) is 2. The predicted octanol–water partition coefficient (Wildman–Crippen LogP) is 3.53. The molecule has 5 heteroatoms. The normalized spacial score (nSPS) is 10.0. The Kier molecular flexibility index (Phi) is 6.29. The van der Waals surface area contributed by atoms with Gasteiger partial charge in [-0.15, -0.1) is 0 Å². The number of carbonyl (C=O) groups excluding carboxylic acids is 1. The molecule has 5 nitrogen and oxygen atoms in total. The first-order chi connectivity index (χ1) is 11.2. The Hall–Kier alpha value is -2.69. The Morgan fingerprint density at radius 1 is 1.00 bits per heavy atom. The van der Waals surface area contributed by atoms with Crippen LogP contribution >= 0.6 is 0 Å². The van der Waals surface area contributed by atoms with Crippen molar-refractivity contribution in [3.05, 3.63) is 48.5 Å². The molecular formula is C18H22N2O3. The number of hydrogen-bond donors (Lipinski definition) is 2. The zero-order valence-corrected chi connectivity index (χ0v) is 13.5. The number of amides is 1. The van der Waals surface area contributed by atoms with Crippen LogP contribution in [0.15, 0.2) is 48.5 Å². The molecule has 0 heterocycles. The first kappa shape index (κ1) is 16.7. The third-order valence-electron chi connectivity index (χ3n) is 3.06. The molecule has 0 saturated carbocycles. The molecule has 0 aromatic heterocycles. The second-order valence-electron chi connectivity index (χ2n) is 4.79. The van der Waals surface area contributed by atoms with Crippen molar-refractivity contribution < 1.29 is 14.3 Å². The van der Waals surface area contributed by atoms with E-state index in [-0.39, 0.29) is 12.5 Å². The molecular weight excluding hydrogens is 292 g/mol. The van der Waals surface area contributed by atoms with Gasteiger partial charge in [0.05, 0.1) is 25.4 Å². The van der Waals surface area contributed by atoms with Crippen LogP contribution in [-0.2, 0) is 4.79 Å². The van der Waals surface area contributed by atoms with Crippen molar-refractivity contribution in [3.63, 3.8) is 0 Å². The topological polar surface area (TPSA) is 59.6 Å². The molecule has 0 unspecified atom stereocenters. The standard InChI is InChI=1S/C18H22N2O3/c1-3-22-15-10-11-17(23-4-2)16(12-15)20-18(21)13-19-14-8-6-5-7-9-14/h5-12,19H,3-4,13H2,1-2H3,(H,20,21). The lowest BCUT2D eigenvalue weighted by Crippen LogP contribution is -2.22. The van der Waals surface area contributed by atoms with Gasteiger partial charge < -0.3 is 20.1 Å². The molecule has 0 aliphatic rings. The van der Waals surface area contributed by atoms with Gasteiger partial charge in [0.2, 0.25) is 5.91 Å². The predicted molar refractivity (Wildman–Crippen MR) is 92.3 cm³/mol. The van der Waals surface area contributed by atoms with Gasteiger partial charge in [-0.25, -0.2) is 0 Å². The first-order valence-electron chi connectivity index (χ1n) is 7.71. The number of hydrogen-bond acceptors (Lipinski definition) is 4. The zero-order chi connectivity index (χ0) is 16.5. The highest BCUT2D eigenvalue weighted by Crippen LogP contribution is 2.29. The number of para-hydroxylation sites is 1. The summed E-state index contributed by atoms with van der Waals surface area (Å²) in [7, 11) is 0. The van der Waals surface area contributed by atoms with E-state index in [1.165, 1.54) is 0 Å². The van der Waals surface area contributed by atoms with Crippen molar-refractivity contribution in [2.24, 2.45) is 0 Å². The van der Waals surface area contributed by atoms with E-state index in [9.17, 15) is 4.79 Å². The minimum absolute atomic E-state index is 0.150. The summed E-state index contributed by atoms with van der Waals surface area (Å²) in [4.78, 5) is 12.1. The molecule has 2 aromatic rings. The Morgan fingerprint density at radius 2 is 1.74 bits per heavy atom. The van der Waals surface area contributed by atoms with Crippen molar-refractivity contribution in [3.8, 4) is 11.5 Å². The van der Waals surface area contributed by atoms with Crippen LogP contribution in [0.2, 0.25) is 0 Å². The summed E-state index contributed by atoms with van der Waals surface area (Å²) in [5.41, 5.74) is 1.51. The van der Waals surface area contributed by atoms with Crippen molar-refractivity contribution >= 4 is 17.3 Å². The molecule has 0 aliphatic carbocycles. The first-order valence-corrected chi connectivity index (χ1v) is 7.71. The van der Waals surface area contributed by atoms with Crippen LogP contribution in [0.4, 0.5) is 11.4 Å². The summed E-state index contributed by atoms with van der Waals surface area (Å²) in [6.45, 7) is 5.09. The molecule has 2 N–H and O–H groups in total. The molecule has 0 atom stereocenters. The fraction of sp³-hybridized carbons (Fsp3) is 0.278. The van der Waals surface area contributed by atoms with Gasteiger partial charge in [-0.1, -0.05) is 18.2 Å². The Labute approximate surface area is 136 Å². The summed E-state index contributed by atoms with van der Waals surface area (Å²) < 4.78 is 11.0. The maximum atomic E-state index is 12.1. The number of anilines is 2.